The fraction of sp³-hybridized carbons (Fsp3) is 0.125. The van der Waals surface area contributed by atoms with Crippen molar-refractivity contribution in [2.24, 2.45) is 0 Å². The molecule has 2 aromatic rings. The molecule has 0 radical (unpaired) electrons. The number of anilines is 1. The van der Waals surface area contributed by atoms with Crippen molar-refractivity contribution in [1.29, 1.82) is 0 Å². The van der Waals surface area contributed by atoms with Crippen LogP contribution in [-0.2, 0) is 4.79 Å². The fourth-order valence-corrected chi connectivity index (χ4v) is 4.09. The lowest BCUT2D eigenvalue weighted by Crippen LogP contribution is -2.39. The summed E-state index contributed by atoms with van der Waals surface area (Å²) < 4.78 is 14.1. The van der Waals surface area contributed by atoms with Gasteiger partial charge in [-0.05, 0) is 18.2 Å². The van der Waals surface area contributed by atoms with Crippen molar-refractivity contribution in [1.82, 2.24) is 0 Å². The van der Waals surface area contributed by atoms with Crippen LogP contribution in [0.3, 0.4) is 0 Å². The number of rotatable bonds is 3. The predicted molar refractivity (Wildman–Crippen MR) is 89.0 cm³/mol. The molecule has 0 spiro atoms. The fourth-order valence-electron chi connectivity index (χ4n) is 2.40. The molecular weight excluding hydrogens is 321 g/mol. The van der Waals surface area contributed by atoms with Gasteiger partial charge in [0, 0.05) is 10.5 Å². The molecule has 3 nitrogen and oxygen atoms in total. The van der Waals surface area contributed by atoms with Gasteiger partial charge in [-0.1, -0.05) is 42.5 Å². The summed E-state index contributed by atoms with van der Waals surface area (Å²) >= 11 is 6.91. The summed E-state index contributed by atoms with van der Waals surface area (Å²) in [5.74, 6) is -1.31. The van der Waals surface area contributed by atoms with Crippen LogP contribution in [0.2, 0.25) is 0 Å². The molecule has 1 N–H and O–H groups in total. The van der Waals surface area contributed by atoms with Gasteiger partial charge in [-0.2, -0.15) is 0 Å². The van der Waals surface area contributed by atoms with Gasteiger partial charge in [0.1, 0.15) is 17.4 Å². The van der Waals surface area contributed by atoms with Gasteiger partial charge in [-0.25, -0.2) is 4.39 Å². The number of halogens is 1. The van der Waals surface area contributed by atoms with E-state index in [0.717, 1.165) is 10.6 Å². The zero-order valence-corrected chi connectivity index (χ0v) is 13.0. The number of fused-ring (bicyclic) bond motifs is 1. The van der Waals surface area contributed by atoms with Gasteiger partial charge in [0.25, 0.3) is 0 Å². The summed E-state index contributed by atoms with van der Waals surface area (Å²) in [5, 5.41) is 8.73. The Hall–Kier alpha value is -1.92. The van der Waals surface area contributed by atoms with E-state index in [9.17, 15) is 9.18 Å². The molecule has 1 unspecified atom stereocenters. The molecule has 6 heteroatoms. The first-order valence-corrected chi connectivity index (χ1v) is 7.90. The molecule has 1 heterocycles. The standard InChI is InChI=1S/C16H12FNO2S2/c17-11-6-2-1-5-10(11)15-16(21)18(9-14(19)20)12-7-3-4-8-13(12)22-15/h1-8,15H,9H2,(H,19,20). The lowest BCUT2D eigenvalue weighted by atomic mass is 10.1. The third-order valence-corrected chi connectivity index (χ3v) is 5.29. The maximum Gasteiger partial charge on any atom is 0.323 e. The van der Waals surface area contributed by atoms with Crippen LogP contribution < -0.4 is 4.90 Å². The average molecular weight is 333 g/mol. The van der Waals surface area contributed by atoms with Gasteiger partial charge in [-0.15, -0.1) is 11.8 Å². The Bertz CT molecular complexity index is 750. The summed E-state index contributed by atoms with van der Waals surface area (Å²) in [6, 6.07) is 13.9. The monoisotopic (exact) mass is 333 g/mol. The second-order valence-corrected chi connectivity index (χ2v) is 6.37. The summed E-state index contributed by atoms with van der Waals surface area (Å²) in [6.07, 6.45) is 0. The molecule has 1 aliphatic rings. The molecule has 1 atom stereocenters. The van der Waals surface area contributed by atoms with Crippen LogP contribution in [0.5, 0.6) is 0 Å². The zero-order chi connectivity index (χ0) is 15.7. The Labute approximate surface area is 136 Å². The Kier molecular flexibility index (Phi) is 4.13. The minimum Gasteiger partial charge on any atom is -0.480 e. The molecule has 22 heavy (non-hydrogen) atoms. The van der Waals surface area contributed by atoms with Crippen LogP contribution in [0.1, 0.15) is 10.8 Å². The highest BCUT2D eigenvalue weighted by Gasteiger charge is 2.33. The molecule has 0 bridgehead atoms. The summed E-state index contributed by atoms with van der Waals surface area (Å²) in [5.41, 5.74) is 1.23. The highest BCUT2D eigenvalue weighted by atomic mass is 32.2. The SMILES string of the molecule is O=C(O)CN1C(=S)C(c2ccccc2F)Sc2ccccc21. The quantitative estimate of drug-likeness (QED) is 0.863. The van der Waals surface area contributed by atoms with Gasteiger partial charge in [0.05, 0.1) is 10.9 Å². The minimum atomic E-state index is -0.976. The van der Waals surface area contributed by atoms with Crippen LogP contribution in [-0.4, -0.2) is 22.6 Å². The Morgan fingerprint density at radius 2 is 1.91 bits per heavy atom. The van der Waals surface area contributed by atoms with E-state index < -0.39 is 11.2 Å². The van der Waals surface area contributed by atoms with Crippen molar-refractivity contribution in [2.45, 2.75) is 10.1 Å². The number of hydrogen-bond donors (Lipinski definition) is 1. The number of thioether (sulfide) groups is 1. The molecule has 0 saturated heterocycles. The van der Waals surface area contributed by atoms with Gasteiger partial charge in [-0.3, -0.25) is 4.79 Å². The van der Waals surface area contributed by atoms with Gasteiger partial charge >= 0.3 is 5.97 Å². The number of nitrogens with zero attached hydrogens (tertiary/aromatic N) is 1. The van der Waals surface area contributed by atoms with Crippen molar-refractivity contribution in [3.8, 4) is 0 Å². The van der Waals surface area contributed by atoms with Crippen molar-refractivity contribution in [2.75, 3.05) is 11.4 Å². The Balaban J connectivity index is 2.07. The van der Waals surface area contributed by atoms with E-state index >= 15 is 0 Å². The van der Waals surface area contributed by atoms with E-state index in [0.29, 0.717) is 10.6 Å². The molecule has 0 amide bonds. The minimum absolute atomic E-state index is 0.235. The van der Waals surface area contributed by atoms with E-state index in [1.165, 1.54) is 17.8 Å². The third-order valence-electron chi connectivity index (χ3n) is 3.37. The summed E-state index contributed by atoms with van der Waals surface area (Å²) in [6.45, 7) is -0.235. The normalized spacial score (nSPS) is 17.2. The molecule has 3 rings (SSSR count). The number of hydrogen-bond acceptors (Lipinski definition) is 3. The van der Waals surface area contributed by atoms with Gasteiger partial charge in [0.2, 0.25) is 0 Å². The maximum atomic E-state index is 14.1. The Morgan fingerprint density at radius 1 is 1.23 bits per heavy atom. The number of aliphatic carboxylic acids is 1. The Morgan fingerprint density at radius 3 is 2.64 bits per heavy atom. The lowest BCUT2D eigenvalue weighted by molar-refractivity contribution is -0.135. The number of benzene rings is 2. The smallest absolute Gasteiger partial charge is 0.323 e. The highest BCUT2D eigenvalue weighted by molar-refractivity contribution is 8.01. The maximum absolute atomic E-state index is 14.1. The van der Waals surface area contributed by atoms with Crippen molar-refractivity contribution in [3.05, 3.63) is 59.9 Å². The van der Waals surface area contributed by atoms with E-state index in [1.54, 1.807) is 23.1 Å². The van der Waals surface area contributed by atoms with Crippen LogP contribution in [0.4, 0.5) is 10.1 Å². The third kappa shape index (κ3) is 2.71. The van der Waals surface area contributed by atoms with Crippen molar-refractivity contribution < 1.29 is 14.3 Å². The molecule has 0 aromatic heterocycles. The number of carboxylic acids is 1. The molecular formula is C16H12FNO2S2. The molecule has 0 saturated carbocycles. The zero-order valence-electron chi connectivity index (χ0n) is 11.4. The van der Waals surface area contributed by atoms with Crippen molar-refractivity contribution in [3.63, 3.8) is 0 Å². The van der Waals surface area contributed by atoms with Gasteiger partial charge < -0.3 is 10.0 Å². The second kappa shape index (κ2) is 6.06. The molecule has 2 aromatic carbocycles. The highest BCUT2D eigenvalue weighted by Crippen LogP contribution is 2.47. The average Bonchev–Trinajstić information content (AvgIpc) is 2.50. The van der Waals surface area contributed by atoms with Gasteiger partial charge in [0.15, 0.2) is 0 Å². The molecule has 112 valence electrons. The second-order valence-electron chi connectivity index (χ2n) is 4.81. The van der Waals surface area contributed by atoms with E-state index in [4.69, 9.17) is 17.3 Å². The summed E-state index contributed by atoms with van der Waals surface area (Å²) in [7, 11) is 0. The molecule has 0 fully saturated rings. The lowest BCUT2D eigenvalue weighted by Gasteiger charge is -2.35. The number of carbonyl (C=O) groups is 1. The van der Waals surface area contributed by atoms with Crippen LogP contribution in [0.15, 0.2) is 53.4 Å². The van der Waals surface area contributed by atoms with Crippen LogP contribution in [0.25, 0.3) is 0 Å². The predicted octanol–water partition coefficient (Wildman–Crippen LogP) is 3.89. The van der Waals surface area contributed by atoms with E-state index in [1.807, 2.05) is 24.3 Å². The number of carboxylic acid groups (broad SMARTS) is 1. The number of thiocarbonyl (C=S) groups is 1. The van der Waals surface area contributed by atoms with E-state index in [2.05, 4.69) is 0 Å². The number of para-hydroxylation sites is 1. The van der Waals surface area contributed by atoms with Crippen LogP contribution in [0, 0.1) is 5.82 Å². The first-order valence-electron chi connectivity index (χ1n) is 6.61. The molecule has 1 aliphatic heterocycles. The summed E-state index contributed by atoms with van der Waals surface area (Å²) in [4.78, 5) is 14.0. The molecule has 0 aliphatic carbocycles. The first kappa shape index (κ1) is 15.0. The topological polar surface area (TPSA) is 40.5 Å². The first-order chi connectivity index (χ1) is 10.6. The van der Waals surface area contributed by atoms with Crippen LogP contribution >= 0.6 is 24.0 Å². The van der Waals surface area contributed by atoms with E-state index in [-0.39, 0.29) is 12.4 Å². The van der Waals surface area contributed by atoms with Crippen molar-refractivity contribution >= 4 is 40.6 Å². The largest absolute Gasteiger partial charge is 0.480 e.